The summed E-state index contributed by atoms with van der Waals surface area (Å²) in [7, 11) is 0. The largest absolute Gasteiger partial charge is 0.489 e. The highest BCUT2D eigenvalue weighted by atomic mass is 32.2. The fourth-order valence-electron chi connectivity index (χ4n) is 2.45. The van der Waals surface area contributed by atoms with Gasteiger partial charge in [0.05, 0.1) is 11.3 Å². The van der Waals surface area contributed by atoms with Crippen LogP contribution in [0.15, 0.2) is 59.5 Å². The summed E-state index contributed by atoms with van der Waals surface area (Å²) < 4.78 is 6.13. The third-order valence-electron chi connectivity index (χ3n) is 3.85. The molecule has 0 radical (unpaired) electrons. The highest BCUT2D eigenvalue weighted by molar-refractivity contribution is 8.26. The second-order valence-corrected chi connectivity index (χ2v) is 7.50. The molecule has 2 aromatic carbocycles. The summed E-state index contributed by atoms with van der Waals surface area (Å²) in [5.41, 5.74) is 1.94. The van der Waals surface area contributed by atoms with Crippen molar-refractivity contribution in [2.75, 3.05) is 6.54 Å². The Morgan fingerprint density at radius 2 is 1.85 bits per heavy atom. The van der Waals surface area contributed by atoms with Crippen LogP contribution in [-0.2, 0) is 16.2 Å². The van der Waals surface area contributed by atoms with E-state index in [0.29, 0.717) is 15.8 Å². The van der Waals surface area contributed by atoms with Gasteiger partial charge in [-0.15, -0.1) is 0 Å². The van der Waals surface area contributed by atoms with Crippen molar-refractivity contribution in [1.29, 1.82) is 0 Å². The zero-order valence-corrected chi connectivity index (χ0v) is 16.0. The molecule has 2 aromatic rings. The van der Waals surface area contributed by atoms with Gasteiger partial charge in [-0.2, -0.15) is 0 Å². The molecule has 1 heterocycles. The van der Waals surface area contributed by atoms with E-state index in [1.54, 1.807) is 6.08 Å². The second-order valence-electron chi connectivity index (χ2n) is 5.82. The van der Waals surface area contributed by atoms with Gasteiger partial charge >= 0.3 is 5.97 Å². The normalized spacial score (nSPS) is 15.4. The van der Waals surface area contributed by atoms with E-state index >= 15 is 0 Å². The number of thioether (sulfide) groups is 1. The molecule has 0 spiro atoms. The van der Waals surface area contributed by atoms with Crippen LogP contribution in [0.4, 0.5) is 0 Å². The Labute approximate surface area is 166 Å². The van der Waals surface area contributed by atoms with Crippen LogP contribution < -0.4 is 4.74 Å². The van der Waals surface area contributed by atoms with Crippen molar-refractivity contribution < 1.29 is 19.4 Å². The van der Waals surface area contributed by atoms with Crippen molar-refractivity contribution in [1.82, 2.24) is 4.90 Å². The number of carbonyl (C=O) groups excluding carboxylic acids is 1. The minimum Gasteiger partial charge on any atom is -0.489 e. The molecule has 138 valence electrons. The molecule has 0 unspecified atom stereocenters. The number of hydrogen-bond donors (Lipinski definition) is 1. The van der Waals surface area contributed by atoms with E-state index in [0.717, 1.165) is 16.9 Å². The van der Waals surface area contributed by atoms with Crippen molar-refractivity contribution in [3.63, 3.8) is 0 Å². The van der Waals surface area contributed by atoms with Gasteiger partial charge in [0.2, 0.25) is 0 Å². The Morgan fingerprint density at radius 1 is 1.15 bits per heavy atom. The number of hydrogen-bond acceptors (Lipinski definition) is 5. The van der Waals surface area contributed by atoms with E-state index in [2.05, 4.69) is 0 Å². The molecule has 27 heavy (non-hydrogen) atoms. The van der Waals surface area contributed by atoms with Crippen LogP contribution in [0.3, 0.4) is 0 Å². The highest BCUT2D eigenvalue weighted by Crippen LogP contribution is 2.32. The predicted octanol–water partition coefficient (Wildman–Crippen LogP) is 3.94. The molecule has 0 atom stereocenters. The highest BCUT2D eigenvalue weighted by Gasteiger charge is 2.31. The topological polar surface area (TPSA) is 66.8 Å². The van der Waals surface area contributed by atoms with Crippen molar-refractivity contribution in [2.24, 2.45) is 0 Å². The van der Waals surface area contributed by atoms with Crippen LogP contribution in [-0.4, -0.2) is 32.7 Å². The molecule has 0 saturated carbocycles. The quantitative estimate of drug-likeness (QED) is 0.562. The molecule has 1 aliphatic heterocycles. The van der Waals surface area contributed by atoms with Gasteiger partial charge in [0.25, 0.3) is 5.91 Å². The van der Waals surface area contributed by atoms with Gasteiger partial charge < -0.3 is 9.84 Å². The maximum absolute atomic E-state index is 12.4. The fourth-order valence-corrected chi connectivity index (χ4v) is 3.76. The van der Waals surface area contributed by atoms with Gasteiger partial charge in [-0.25, -0.2) is 0 Å². The summed E-state index contributed by atoms with van der Waals surface area (Å²) in [5, 5.41) is 8.78. The first-order chi connectivity index (χ1) is 13.0. The average molecular weight is 399 g/mol. The van der Waals surface area contributed by atoms with Crippen LogP contribution in [0.5, 0.6) is 5.75 Å². The minimum absolute atomic E-state index is 0.0869. The number of rotatable bonds is 7. The lowest BCUT2D eigenvalue weighted by Crippen LogP contribution is -2.30. The SMILES string of the molecule is O=C(O)CCN1C(=O)C(=Cc2ccc(OCc3ccccc3)cc2)SC1=S. The summed E-state index contributed by atoms with van der Waals surface area (Å²) in [5.74, 6) is -0.472. The van der Waals surface area contributed by atoms with Gasteiger partial charge in [-0.05, 0) is 29.3 Å². The number of ether oxygens (including phenoxy) is 1. The summed E-state index contributed by atoms with van der Waals surface area (Å²) in [6.45, 7) is 0.575. The van der Waals surface area contributed by atoms with Crippen molar-refractivity contribution in [3.05, 3.63) is 70.6 Å². The van der Waals surface area contributed by atoms with Crippen LogP contribution in [0, 0.1) is 0 Å². The molecular formula is C20H17NO4S2. The molecular weight excluding hydrogens is 382 g/mol. The molecule has 1 saturated heterocycles. The van der Waals surface area contributed by atoms with Crippen LogP contribution in [0.2, 0.25) is 0 Å². The summed E-state index contributed by atoms with van der Waals surface area (Å²) in [6, 6.07) is 17.3. The third kappa shape index (κ3) is 5.18. The predicted molar refractivity (Wildman–Crippen MR) is 109 cm³/mol. The summed E-state index contributed by atoms with van der Waals surface area (Å²) >= 11 is 6.36. The molecule has 1 amide bonds. The fraction of sp³-hybridized carbons (Fsp3) is 0.150. The number of amides is 1. The van der Waals surface area contributed by atoms with Gasteiger partial charge in [-0.3, -0.25) is 14.5 Å². The van der Waals surface area contributed by atoms with E-state index in [9.17, 15) is 9.59 Å². The maximum atomic E-state index is 12.4. The van der Waals surface area contributed by atoms with Crippen molar-refractivity contribution in [3.8, 4) is 5.75 Å². The Kier molecular flexibility index (Phi) is 6.26. The lowest BCUT2D eigenvalue weighted by atomic mass is 10.2. The Bertz CT molecular complexity index is 879. The number of carboxylic acids is 1. The Balaban J connectivity index is 1.62. The standard InChI is InChI=1S/C20H17NO4S2/c22-18(23)10-11-21-19(24)17(27-20(21)26)12-14-6-8-16(9-7-14)25-13-15-4-2-1-3-5-15/h1-9,12H,10-11,13H2,(H,22,23). The van der Waals surface area contributed by atoms with E-state index in [1.807, 2.05) is 54.6 Å². The number of aliphatic carboxylic acids is 1. The molecule has 0 aromatic heterocycles. The zero-order valence-electron chi connectivity index (χ0n) is 14.3. The van der Waals surface area contributed by atoms with Crippen LogP contribution in [0.25, 0.3) is 6.08 Å². The Hall–Kier alpha value is -2.64. The molecule has 1 fully saturated rings. The lowest BCUT2D eigenvalue weighted by Gasteiger charge is -2.12. The maximum Gasteiger partial charge on any atom is 0.305 e. The molecule has 0 bridgehead atoms. The van der Waals surface area contributed by atoms with E-state index in [-0.39, 0.29) is 18.9 Å². The van der Waals surface area contributed by atoms with Crippen LogP contribution >= 0.6 is 24.0 Å². The smallest absolute Gasteiger partial charge is 0.305 e. The number of benzene rings is 2. The summed E-state index contributed by atoms with van der Waals surface area (Å²) in [6.07, 6.45) is 1.62. The van der Waals surface area contributed by atoms with E-state index in [1.165, 1.54) is 16.7 Å². The average Bonchev–Trinajstić information content (AvgIpc) is 2.93. The first-order valence-electron chi connectivity index (χ1n) is 8.27. The Morgan fingerprint density at radius 3 is 2.52 bits per heavy atom. The van der Waals surface area contributed by atoms with Gasteiger partial charge in [-0.1, -0.05) is 66.4 Å². The third-order valence-corrected chi connectivity index (χ3v) is 5.23. The number of thiocarbonyl (C=S) groups is 1. The van der Waals surface area contributed by atoms with Gasteiger partial charge in [0.15, 0.2) is 0 Å². The molecule has 0 aliphatic carbocycles. The van der Waals surface area contributed by atoms with Crippen molar-refractivity contribution in [2.45, 2.75) is 13.0 Å². The molecule has 7 heteroatoms. The lowest BCUT2D eigenvalue weighted by molar-refractivity contribution is -0.137. The first kappa shape index (κ1) is 19.1. The molecule has 3 rings (SSSR count). The van der Waals surface area contributed by atoms with E-state index in [4.69, 9.17) is 22.1 Å². The second kappa shape index (κ2) is 8.83. The minimum atomic E-state index is -0.959. The van der Waals surface area contributed by atoms with Crippen molar-refractivity contribution >= 4 is 46.3 Å². The number of carbonyl (C=O) groups is 2. The number of carboxylic acid groups (broad SMARTS) is 1. The van der Waals surface area contributed by atoms with Gasteiger partial charge in [0, 0.05) is 6.54 Å². The van der Waals surface area contributed by atoms with Gasteiger partial charge in [0.1, 0.15) is 16.7 Å². The first-order valence-corrected chi connectivity index (χ1v) is 9.49. The molecule has 1 N–H and O–H groups in total. The molecule has 1 aliphatic rings. The summed E-state index contributed by atoms with van der Waals surface area (Å²) in [4.78, 5) is 24.9. The number of nitrogens with zero attached hydrogens (tertiary/aromatic N) is 1. The zero-order chi connectivity index (χ0) is 19.2. The van der Waals surface area contributed by atoms with E-state index < -0.39 is 5.97 Å². The monoisotopic (exact) mass is 399 g/mol. The molecule has 5 nitrogen and oxygen atoms in total. The van der Waals surface area contributed by atoms with Crippen LogP contribution in [0.1, 0.15) is 17.5 Å².